The van der Waals surface area contributed by atoms with Gasteiger partial charge in [-0.15, -0.1) is 0 Å². The second-order valence-corrected chi connectivity index (χ2v) is 5.49. The zero-order valence-electron chi connectivity index (χ0n) is 13.3. The van der Waals surface area contributed by atoms with Crippen LogP contribution in [0.3, 0.4) is 0 Å². The van der Waals surface area contributed by atoms with E-state index in [1.54, 1.807) is 11.9 Å². The summed E-state index contributed by atoms with van der Waals surface area (Å²) in [4.78, 5) is 13.8. The van der Waals surface area contributed by atoms with Crippen molar-refractivity contribution in [3.05, 3.63) is 53.8 Å². The topological polar surface area (TPSA) is 48.0 Å². The van der Waals surface area contributed by atoms with E-state index in [0.29, 0.717) is 18.0 Å². The van der Waals surface area contributed by atoms with E-state index in [4.69, 9.17) is 14.2 Å². The molecule has 1 aliphatic heterocycles. The Labute approximate surface area is 139 Å². The summed E-state index contributed by atoms with van der Waals surface area (Å²) < 4.78 is 28.8. The van der Waals surface area contributed by atoms with Crippen LogP contribution >= 0.6 is 0 Å². The lowest BCUT2D eigenvalue weighted by molar-refractivity contribution is -0.130. The molecule has 0 fully saturated rings. The Morgan fingerprint density at radius 2 is 1.92 bits per heavy atom. The molecule has 0 spiro atoms. The minimum Gasteiger partial charge on any atom is -0.493 e. The number of carbonyl (C=O) groups excluding carboxylic acids is 1. The van der Waals surface area contributed by atoms with Gasteiger partial charge in [0.1, 0.15) is 11.6 Å². The van der Waals surface area contributed by atoms with E-state index in [2.05, 4.69) is 0 Å². The van der Waals surface area contributed by atoms with E-state index in [-0.39, 0.29) is 31.5 Å². The van der Waals surface area contributed by atoms with Crippen molar-refractivity contribution >= 4 is 5.91 Å². The Kier molecular flexibility index (Phi) is 4.84. The number of hydrogen-bond acceptors (Lipinski definition) is 4. The first-order valence-electron chi connectivity index (χ1n) is 7.63. The molecule has 1 heterocycles. The maximum atomic E-state index is 12.8. The highest BCUT2D eigenvalue weighted by molar-refractivity contribution is 5.76. The number of rotatable bonds is 6. The van der Waals surface area contributed by atoms with E-state index in [0.717, 1.165) is 11.3 Å². The normalized spacial score (nSPS) is 12.1. The lowest BCUT2D eigenvalue weighted by Crippen LogP contribution is -2.27. The third-order valence-corrected chi connectivity index (χ3v) is 3.68. The number of nitrogens with zero attached hydrogens (tertiary/aromatic N) is 1. The fraction of sp³-hybridized carbons (Fsp3) is 0.278. The second kappa shape index (κ2) is 7.21. The Morgan fingerprint density at radius 1 is 1.17 bits per heavy atom. The third-order valence-electron chi connectivity index (χ3n) is 3.68. The van der Waals surface area contributed by atoms with Gasteiger partial charge in [0.15, 0.2) is 11.5 Å². The summed E-state index contributed by atoms with van der Waals surface area (Å²) in [6.45, 7) is 0.955. The molecular formula is C18H18FNO4. The molecule has 0 aliphatic carbocycles. The molecule has 0 N–H and O–H groups in total. The van der Waals surface area contributed by atoms with Gasteiger partial charge in [0.2, 0.25) is 12.7 Å². The average Bonchev–Trinajstić information content (AvgIpc) is 3.04. The molecule has 24 heavy (non-hydrogen) atoms. The molecule has 0 aromatic heterocycles. The summed E-state index contributed by atoms with van der Waals surface area (Å²) in [6.07, 6.45) is 0.248. The molecule has 6 heteroatoms. The maximum absolute atomic E-state index is 12.8. The molecule has 2 aromatic carbocycles. The molecule has 1 amide bonds. The van der Waals surface area contributed by atoms with Crippen LogP contribution in [-0.2, 0) is 11.3 Å². The summed E-state index contributed by atoms with van der Waals surface area (Å²) in [5, 5.41) is 0. The third kappa shape index (κ3) is 3.95. The summed E-state index contributed by atoms with van der Waals surface area (Å²) in [5.41, 5.74) is 0.967. The SMILES string of the molecule is CN(Cc1ccc2c(c1)OCO2)C(=O)CCOc1ccc(F)cc1. The highest BCUT2D eigenvalue weighted by Gasteiger charge is 2.15. The number of benzene rings is 2. The summed E-state index contributed by atoms with van der Waals surface area (Å²) in [6, 6.07) is 11.3. The first-order valence-corrected chi connectivity index (χ1v) is 7.63. The first-order chi connectivity index (χ1) is 11.6. The second-order valence-electron chi connectivity index (χ2n) is 5.49. The molecule has 0 saturated heterocycles. The monoisotopic (exact) mass is 331 g/mol. The van der Waals surface area contributed by atoms with Crippen molar-refractivity contribution in [3.63, 3.8) is 0 Å². The summed E-state index contributed by atoms with van der Waals surface area (Å²) in [7, 11) is 1.74. The Hall–Kier alpha value is -2.76. The van der Waals surface area contributed by atoms with Gasteiger partial charge in [-0.2, -0.15) is 0 Å². The fourth-order valence-corrected chi connectivity index (χ4v) is 2.38. The largest absolute Gasteiger partial charge is 0.493 e. The van der Waals surface area contributed by atoms with Crippen LogP contribution in [0, 0.1) is 5.82 Å². The van der Waals surface area contributed by atoms with Gasteiger partial charge in [0.25, 0.3) is 0 Å². The van der Waals surface area contributed by atoms with Gasteiger partial charge in [-0.3, -0.25) is 4.79 Å². The molecule has 2 aromatic rings. The van der Waals surface area contributed by atoms with Gasteiger partial charge in [0, 0.05) is 13.6 Å². The van der Waals surface area contributed by atoms with Crippen molar-refractivity contribution in [1.29, 1.82) is 0 Å². The van der Waals surface area contributed by atoms with Gasteiger partial charge >= 0.3 is 0 Å². The first kappa shape index (κ1) is 16.1. The van der Waals surface area contributed by atoms with Crippen molar-refractivity contribution in [1.82, 2.24) is 4.90 Å². The van der Waals surface area contributed by atoms with E-state index < -0.39 is 0 Å². The van der Waals surface area contributed by atoms with E-state index in [9.17, 15) is 9.18 Å². The minimum absolute atomic E-state index is 0.0326. The fourth-order valence-electron chi connectivity index (χ4n) is 2.38. The van der Waals surface area contributed by atoms with Crippen LogP contribution in [0.1, 0.15) is 12.0 Å². The van der Waals surface area contributed by atoms with Gasteiger partial charge in [-0.05, 0) is 42.0 Å². The summed E-state index contributed by atoms with van der Waals surface area (Å²) in [5.74, 6) is 1.62. The van der Waals surface area contributed by atoms with Crippen LogP contribution in [0.2, 0.25) is 0 Å². The smallest absolute Gasteiger partial charge is 0.231 e. The number of ether oxygens (including phenoxy) is 3. The molecule has 1 aliphatic rings. The lowest BCUT2D eigenvalue weighted by atomic mass is 10.2. The van der Waals surface area contributed by atoms with Crippen molar-refractivity contribution in [3.8, 4) is 17.2 Å². The van der Waals surface area contributed by atoms with Crippen molar-refractivity contribution in [2.75, 3.05) is 20.4 Å². The highest BCUT2D eigenvalue weighted by Crippen LogP contribution is 2.32. The molecule has 0 unspecified atom stereocenters. The molecule has 3 rings (SSSR count). The minimum atomic E-state index is -0.318. The molecule has 0 saturated carbocycles. The van der Waals surface area contributed by atoms with Crippen molar-refractivity contribution < 1.29 is 23.4 Å². The average molecular weight is 331 g/mol. The number of hydrogen-bond donors (Lipinski definition) is 0. The molecule has 0 bridgehead atoms. The van der Waals surface area contributed by atoms with Crippen LogP contribution in [0.25, 0.3) is 0 Å². The van der Waals surface area contributed by atoms with E-state index in [1.807, 2.05) is 18.2 Å². The van der Waals surface area contributed by atoms with Crippen LogP contribution < -0.4 is 14.2 Å². The van der Waals surface area contributed by atoms with E-state index in [1.165, 1.54) is 24.3 Å². The summed E-state index contributed by atoms with van der Waals surface area (Å²) >= 11 is 0. The van der Waals surface area contributed by atoms with Gasteiger partial charge < -0.3 is 19.1 Å². The van der Waals surface area contributed by atoms with Gasteiger partial charge in [-0.25, -0.2) is 4.39 Å². The highest BCUT2D eigenvalue weighted by atomic mass is 19.1. The predicted molar refractivity (Wildman–Crippen MR) is 85.6 cm³/mol. The maximum Gasteiger partial charge on any atom is 0.231 e. The lowest BCUT2D eigenvalue weighted by Gasteiger charge is -2.17. The standard InChI is InChI=1S/C18H18FNO4/c1-20(11-13-2-7-16-17(10-13)24-12-23-16)18(21)8-9-22-15-5-3-14(19)4-6-15/h2-7,10H,8-9,11-12H2,1H3. The van der Waals surface area contributed by atoms with Crippen LogP contribution in [0.4, 0.5) is 4.39 Å². The molecule has 126 valence electrons. The van der Waals surface area contributed by atoms with Crippen molar-refractivity contribution in [2.24, 2.45) is 0 Å². The van der Waals surface area contributed by atoms with Gasteiger partial charge in [0.05, 0.1) is 13.0 Å². The van der Waals surface area contributed by atoms with Gasteiger partial charge in [-0.1, -0.05) is 6.07 Å². The molecular weight excluding hydrogens is 313 g/mol. The number of carbonyl (C=O) groups is 1. The molecule has 0 atom stereocenters. The number of fused-ring (bicyclic) bond motifs is 1. The Morgan fingerprint density at radius 3 is 2.71 bits per heavy atom. The molecule has 0 radical (unpaired) electrons. The number of amides is 1. The van der Waals surface area contributed by atoms with Crippen LogP contribution in [-0.4, -0.2) is 31.3 Å². The van der Waals surface area contributed by atoms with Crippen LogP contribution in [0.15, 0.2) is 42.5 Å². The molecule has 5 nitrogen and oxygen atoms in total. The Balaban J connectivity index is 1.47. The predicted octanol–water partition coefficient (Wildman–Crippen LogP) is 2.98. The zero-order chi connectivity index (χ0) is 16.9. The van der Waals surface area contributed by atoms with Crippen LogP contribution in [0.5, 0.6) is 17.2 Å². The number of halogens is 1. The quantitative estimate of drug-likeness (QED) is 0.816. The zero-order valence-corrected chi connectivity index (χ0v) is 13.3. The van der Waals surface area contributed by atoms with E-state index >= 15 is 0 Å². The Bertz CT molecular complexity index is 717. The van der Waals surface area contributed by atoms with Crippen molar-refractivity contribution in [2.45, 2.75) is 13.0 Å².